The van der Waals surface area contributed by atoms with Crippen LogP contribution in [0.5, 0.6) is 11.5 Å². The zero-order valence-corrected chi connectivity index (χ0v) is 28.0. The van der Waals surface area contributed by atoms with Crippen molar-refractivity contribution < 1.29 is 4.74 Å². The van der Waals surface area contributed by atoms with Gasteiger partial charge in [-0.25, -0.2) is 0 Å². The lowest BCUT2D eigenvalue weighted by Crippen LogP contribution is -2.25. The summed E-state index contributed by atoms with van der Waals surface area (Å²) in [5, 5.41) is 0. The largest absolute Gasteiger partial charge is 0.457 e. The lowest BCUT2D eigenvalue weighted by Gasteiger charge is -2.36. The van der Waals surface area contributed by atoms with E-state index in [0.717, 1.165) is 28.6 Å². The molecule has 0 spiro atoms. The number of ether oxygens (including phenoxy) is 1. The summed E-state index contributed by atoms with van der Waals surface area (Å²) in [5.74, 6) is 1.84. The topological polar surface area (TPSA) is 12.5 Å². The molecule has 9 rings (SSSR count). The molecule has 1 aliphatic carbocycles. The highest BCUT2D eigenvalue weighted by molar-refractivity contribution is 5.84. The van der Waals surface area contributed by atoms with Gasteiger partial charge in [-0.05, 0) is 94.4 Å². The van der Waals surface area contributed by atoms with E-state index in [9.17, 15) is 0 Å². The van der Waals surface area contributed by atoms with Gasteiger partial charge in [0, 0.05) is 39.0 Å². The predicted octanol–water partition coefficient (Wildman–Crippen LogP) is 12.6. The Bertz CT molecular complexity index is 2310. The zero-order valence-electron chi connectivity index (χ0n) is 28.0. The summed E-state index contributed by atoms with van der Waals surface area (Å²) >= 11 is 0. The van der Waals surface area contributed by atoms with Gasteiger partial charge in [-0.15, -0.1) is 0 Å². The Balaban J connectivity index is 1.19. The SMILES string of the molecule is CC1(C)c2ccccc2Oc2ccc(N(c3ccc(C4(C)c5ccccc5-c5ccccc54)cc3)c3cccc(-c4ccccc4)c3)cc21. The molecule has 0 aromatic heterocycles. The maximum Gasteiger partial charge on any atom is 0.131 e. The van der Waals surface area contributed by atoms with Crippen LogP contribution in [0.15, 0.2) is 170 Å². The van der Waals surface area contributed by atoms with Crippen LogP contribution in [0.4, 0.5) is 17.1 Å². The van der Waals surface area contributed by atoms with E-state index >= 15 is 0 Å². The average molecular weight is 632 g/mol. The molecule has 0 fully saturated rings. The van der Waals surface area contributed by atoms with Crippen LogP contribution in [0.2, 0.25) is 0 Å². The predicted molar refractivity (Wildman–Crippen MR) is 203 cm³/mol. The molecule has 2 heteroatoms. The quantitative estimate of drug-likeness (QED) is 0.187. The Morgan fingerprint density at radius 3 is 1.67 bits per heavy atom. The van der Waals surface area contributed by atoms with E-state index in [-0.39, 0.29) is 10.8 Å². The highest BCUT2D eigenvalue weighted by atomic mass is 16.5. The molecule has 2 nitrogen and oxygen atoms in total. The summed E-state index contributed by atoms with van der Waals surface area (Å²) in [5.41, 5.74) is 14.2. The fourth-order valence-electron chi connectivity index (χ4n) is 8.18. The van der Waals surface area contributed by atoms with Crippen molar-refractivity contribution in [3.8, 4) is 33.8 Å². The minimum absolute atomic E-state index is 0.223. The molecular formula is C47H37NO. The normalized spacial score (nSPS) is 14.5. The maximum atomic E-state index is 6.46. The minimum Gasteiger partial charge on any atom is -0.457 e. The number of benzene rings is 7. The van der Waals surface area contributed by atoms with Crippen LogP contribution in [0.3, 0.4) is 0 Å². The van der Waals surface area contributed by atoms with Gasteiger partial charge in [0.2, 0.25) is 0 Å². The van der Waals surface area contributed by atoms with Gasteiger partial charge in [0.05, 0.1) is 0 Å². The van der Waals surface area contributed by atoms with Crippen molar-refractivity contribution in [1.82, 2.24) is 0 Å². The maximum absolute atomic E-state index is 6.46. The Hall–Kier alpha value is -5.86. The van der Waals surface area contributed by atoms with E-state index in [0.29, 0.717) is 0 Å². The summed E-state index contributed by atoms with van der Waals surface area (Å²) < 4.78 is 6.46. The Morgan fingerprint density at radius 1 is 0.408 bits per heavy atom. The Kier molecular flexibility index (Phi) is 6.64. The number of anilines is 3. The van der Waals surface area contributed by atoms with Gasteiger partial charge in [0.1, 0.15) is 11.5 Å². The fourth-order valence-corrected chi connectivity index (χ4v) is 8.18. The van der Waals surface area contributed by atoms with E-state index in [1.165, 1.54) is 50.1 Å². The van der Waals surface area contributed by atoms with Gasteiger partial charge in [-0.3, -0.25) is 0 Å². The Labute approximate surface area is 288 Å². The first kappa shape index (κ1) is 29.3. The third-order valence-corrected chi connectivity index (χ3v) is 10.8. The van der Waals surface area contributed by atoms with E-state index < -0.39 is 0 Å². The van der Waals surface area contributed by atoms with E-state index in [1.807, 2.05) is 6.07 Å². The number of nitrogens with zero attached hydrogens (tertiary/aromatic N) is 1. The van der Waals surface area contributed by atoms with Gasteiger partial charge >= 0.3 is 0 Å². The number of hydrogen-bond acceptors (Lipinski definition) is 2. The first-order chi connectivity index (χ1) is 23.9. The summed E-state index contributed by atoms with van der Waals surface area (Å²) in [6.45, 7) is 6.96. The van der Waals surface area contributed by atoms with Crippen LogP contribution in [-0.2, 0) is 10.8 Å². The minimum atomic E-state index is -0.246. The molecule has 0 radical (unpaired) electrons. The molecule has 0 N–H and O–H groups in total. The van der Waals surface area contributed by atoms with Gasteiger partial charge < -0.3 is 9.64 Å². The third kappa shape index (κ3) is 4.55. The van der Waals surface area contributed by atoms with Crippen molar-refractivity contribution in [3.05, 3.63) is 198 Å². The standard InChI is InChI=1S/C47H37NO/c1-46(2)42-22-11-12-23-44(42)49-45-29-28-37(31-43(45)46)48(36-17-13-16-33(30-36)32-14-5-4-6-15-32)35-26-24-34(25-27-35)47(3)40-20-9-7-18-38(40)39-19-8-10-21-41(39)47/h4-31H,1-3H3. The molecule has 0 amide bonds. The highest BCUT2D eigenvalue weighted by Gasteiger charge is 2.40. The van der Waals surface area contributed by atoms with Gasteiger partial charge in [-0.2, -0.15) is 0 Å². The van der Waals surface area contributed by atoms with Crippen molar-refractivity contribution in [2.45, 2.75) is 31.6 Å². The molecule has 0 atom stereocenters. The molecule has 0 bridgehead atoms. The number of fused-ring (bicyclic) bond motifs is 5. The first-order valence-corrected chi connectivity index (χ1v) is 17.1. The number of rotatable bonds is 5. The molecule has 49 heavy (non-hydrogen) atoms. The smallest absolute Gasteiger partial charge is 0.131 e. The van der Waals surface area contributed by atoms with Gasteiger partial charge in [0.25, 0.3) is 0 Å². The summed E-state index contributed by atoms with van der Waals surface area (Å²) in [4.78, 5) is 2.38. The average Bonchev–Trinajstić information content (AvgIpc) is 3.42. The summed E-state index contributed by atoms with van der Waals surface area (Å²) in [6.07, 6.45) is 0. The van der Waals surface area contributed by atoms with Gasteiger partial charge in [0.15, 0.2) is 0 Å². The van der Waals surface area contributed by atoms with Crippen LogP contribution in [0.25, 0.3) is 22.3 Å². The fraction of sp³-hybridized carbons (Fsp3) is 0.106. The van der Waals surface area contributed by atoms with Crippen LogP contribution in [0.1, 0.15) is 48.6 Å². The van der Waals surface area contributed by atoms with E-state index in [1.54, 1.807) is 0 Å². The van der Waals surface area contributed by atoms with Crippen molar-refractivity contribution in [2.75, 3.05) is 4.90 Å². The number of hydrogen-bond donors (Lipinski definition) is 0. The molecule has 2 aliphatic rings. The lowest BCUT2D eigenvalue weighted by molar-refractivity contribution is 0.418. The number of para-hydroxylation sites is 1. The Morgan fingerprint density at radius 2 is 0.959 bits per heavy atom. The second-order valence-electron chi connectivity index (χ2n) is 13.9. The van der Waals surface area contributed by atoms with Crippen molar-refractivity contribution in [1.29, 1.82) is 0 Å². The van der Waals surface area contributed by atoms with E-state index in [4.69, 9.17) is 4.74 Å². The molecule has 7 aromatic rings. The lowest BCUT2D eigenvalue weighted by atomic mass is 9.74. The van der Waals surface area contributed by atoms with Crippen molar-refractivity contribution >= 4 is 17.1 Å². The molecule has 0 saturated carbocycles. The van der Waals surface area contributed by atoms with Crippen LogP contribution >= 0.6 is 0 Å². The second-order valence-corrected chi connectivity index (χ2v) is 13.9. The van der Waals surface area contributed by atoms with Crippen LogP contribution in [0, 0.1) is 0 Å². The molecular weight excluding hydrogens is 595 g/mol. The third-order valence-electron chi connectivity index (χ3n) is 10.8. The second kappa shape index (κ2) is 11.1. The molecule has 236 valence electrons. The molecule has 7 aromatic carbocycles. The summed E-state index contributed by atoms with van der Waals surface area (Å²) in [6, 6.07) is 61.5. The summed E-state index contributed by atoms with van der Waals surface area (Å²) in [7, 11) is 0. The monoisotopic (exact) mass is 631 g/mol. The van der Waals surface area contributed by atoms with Crippen molar-refractivity contribution in [2.24, 2.45) is 0 Å². The molecule has 1 aliphatic heterocycles. The zero-order chi connectivity index (χ0) is 33.2. The van der Waals surface area contributed by atoms with Crippen molar-refractivity contribution in [3.63, 3.8) is 0 Å². The van der Waals surface area contributed by atoms with Crippen LogP contribution in [-0.4, -0.2) is 0 Å². The van der Waals surface area contributed by atoms with Crippen LogP contribution < -0.4 is 9.64 Å². The molecule has 1 heterocycles. The van der Waals surface area contributed by atoms with Gasteiger partial charge in [-0.1, -0.05) is 135 Å². The highest BCUT2D eigenvalue weighted by Crippen LogP contribution is 2.53. The first-order valence-electron chi connectivity index (χ1n) is 17.1. The van der Waals surface area contributed by atoms with E-state index in [2.05, 4.69) is 189 Å². The molecule has 0 saturated heterocycles. The molecule has 0 unspecified atom stereocenters.